The molecule has 1 aromatic rings. The third-order valence-corrected chi connectivity index (χ3v) is 3.03. The van der Waals surface area contributed by atoms with Gasteiger partial charge in [-0.05, 0) is 19.1 Å². The van der Waals surface area contributed by atoms with Crippen LogP contribution in [0.4, 0.5) is 4.79 Å². The van der Waals surface area contributed by atoms with Crippen molar-refractivity contribution in [2.24, 2.45) is 0 Å². The van der Waals surface area contributed by atoms with Crippen molar-refractivity contribution in [1.29, 1.82) is 0 Å². The van der Waals surface area contributed by atoms with E-state index in [1.807, 2.05) is 0 Å². The highest BCUT2D eigenvalue weighted by Gasteiger charge is 2.38. The standard InChI is InChI=1S/C12H16N2O5/c1-7-2-3-9(19-7)5-13-12(18)14-6-8(15)4-10(14)11(16)17/h2-3,8,10,15H,4-6H2,1H3,(H,13,18)(H,16,17)/t8?,10-/m0/s1. The van der Waals surface area contributed by atoms with Gasteiger partial charge in [-0.15, -0.1) is 0 Å². The van der Waals surface area contributed by atoms with Crippen LogP contribution in [-0.2, 0) is 11.3 Å². The zero-order valence-corrected chi connectivity index (χ0v) is 10.5. The van der Waals surface area contributed by atoms with E-state index in [0.717, 1.165) is 10.7 Å². The predicted octanol–water partition coefficient (Wildman–Crippen LogP) is 0.317. The minimum absolute atomic E-state index is 0.0278. The number of hydrogen-bond donors (Lipinski definition) is 3. The molecule has 0 bridgehead atoms. The van der Waals surface area contributed by atoms with Crippen molar-refractivity contribution in [3.8, 4) is 0 Å². The second-order valence-corrected chi connectivity index (χ2v) is 4.57. The van der Waals surface area contributed by atoms with Crippen LogP contribution >= 0.6 is 0 Å². The number of carbonyl (C=O) groups is 2. The molecular formula is C12H16N2O5. The molecule has 1 aliphatic heterocycles. The molecule has 19 heavy (non-hydrogen) atoms. The van der Waals surface area contributed by atoms with Crippen molar-refractivity contribution >= 4 is 12.0 Å². The molecular weight excluding hydrogens is 252 g/mol. The molecule has 1 fully saturated rings. The van der Waals surface area contributed by atoms with Crippen LogP contribution in [0.5, 0.6) is 0 Å². The number of aryl methyl sites for hydroxylation is 1. The highest BCUT2D eigenvalue weighted by Crippen LogP contribution is 2.18. The fourth-order valence-corrected chi connectivity index (χ4v) is 2.12. The first kappa shape index (κ1) is 13.4. The Labute approximate surface area is 109 Å². The monoisotopic (exact) mass is 268 g/mol. The van der Waals surface area contributed by atoms with E-state index in [1.165, 1.54) is 0 Å². The van der Waals surface area contributed by atoms with Crippen LogP contribution < -0.4 is 5.32 Å². The number of furan rings is 1. The number of nitrogens with one attached hydrogen (secondary N) is 1. The molecule has 0 radical (unpaired) electrons. The summed E-state index contributed by atoms with van der Waals surface area (Å²) in [5, 5.41) is 21.0. The molecule has 2 atom stereocenters. The fraction of sp³-hybridized carbons (Fsp3) is 0.500. The largest absolute Gasteiger partial charge is 0.480 e. The van der Waals surface area contributed by atoms with Gasteiger partial charge in [-0.25, -0.2) is 9.59 Å². The van der Waals surface area contributed by atoms with Crippen LogP contribution in [0.25, 0.3) is 0 Å². The summed E-state index contributed by atoms with van der Waals surface area (Å²) in [6, 6.07) is 2.02. The van der Waals surface area contributed by atoms with Gasteiger partial charge < -0.3 is 24.8 Å². The molecule has 0 saturated carbocycles. The highest BCUT2D eigenvalue weighted by atomic mass is 16.4. The van der Waals surface area contributed by atoms with Crippen molar-refractivity contribution in [3.05, 3.63) is 23.7 Å². The summed E-state index contributed by atoms with van der Waals surface area (Å²) in [5.41, 5.74) is 0. The molecule has 1 saturated heterocycles. The number of aliphatic carboxylic acids is 1. The molecule has 1 aliphatic rings. The number of likely N-dealkylation sites (tertiary alicyclic amines) is 1. The average Bonchev–Trinajstić information content (AvgIpc) is 2.92. The van der Waals surface area contributed by atoms with E-state index in [9.17, 15) is 14.7 Å². The molecule has 0 aromatic carbocycles. The number of carbonyl (C=O) groups excluding carboxylic acids is 1. The summed E-state index contributed by atoms with van der Waals surface area (Å²) in [6.07, 6.45) is -0.736. The van der Waals surface area contributed by atoms with Crippen molar-refractivity contribution in [2.45, 2.75) is 32.0 Å². The number of nitrogens with zero attached hydrogens (tertiary/aromatic N) is 1. The van der Waals surface area contributed by atoms with E-state index >= 15 is 0 Å². The zero-order chi connectivity index (χ0) is 14.0. The number of hydrogen-bond acceptors (Lipinski definition) is 4. The van der Waals surface area contributed by atoms with Crippen LogP contribution in [0.3, 0.4) is 0 Å². The maximum absolute atomic E-state index is 11.9. The molecule has 2 amide bonds. The Hall–Kier alpha value is -2.02. The van der Waals surface area contributed by atoms with Gasteiger partial charge in [-0.2, -0.15) is 0 Å². The van der Waals surface area contributed by atoms with Crippen LogP contribution in [0.2, 0.25) is 0 Å². The Bertz CT molecular complexity index is 484. The van der Waals surface area contributed by atoms with Crippen molar-refractivity contribution in [2.75, 3.05) is 6.54 Å². The number of amides is 2. The van der Waals surface area contributed by atoms with Crippen molar-refractivity contribution < 1.29 is 24.2 Å². The average molecular weight is 268 g/mol. The van der Waals surface area contributed by atoms with E-state index in [4.69, 9.17) is 9.52 Å². The second-order valence-electron chi connectivity index (χ2n) is 4.57. The summed E-state index contributed by atoms with van der Waals surface area (Å²) in [7, 11) is 0. The quantitative estimate of drug-likeness (QED) is 0.732. The Morgan fingerprint density at radius 3 is 2.84 bits per heavy atom. The first-order valence-electron chi connectivity index (χ1n) is 5.98. The number of carboxylic acids is 1. The molecule has 3 N–H and O–H groups in total. The SMILES string of the molecule is Cc1ccc(CNC(=O)N2CC(O)C[C@H]2C(=O)O)o1. The number of aliphatic hydroxyl groups excluding tert-OH is 1. The van der Waals surface area contributed by atoms with Crippen LogP contribution in [0, 0.1) is 6.92 Å². The molecule has 104 valence electrons. The van der Waals surface area contributed by atoms with Crippen LogP contribution in [0.15, 0.2) is 16.5 Å². The summed E-state index contributed by atoms with van der Waals surface area (Å²) in [6.45, 7) is 2.01. The number of carboxylic acid groups (broad SMARTS) is 1. The van der Waals surface area contributed by atoms with Crippen LogP contribution in [-0.4, -0.2) is 45.8 Å². The fourth-order valence-electron chi connectivity index (χ4n) is 2.12. The molecule has 7 heteroatoms. The third-order valence-electron chi connectivity index (χ3n) is 3.03. The molecule has 1 unspecified atom stereocenters. The minimum Gasteiger partial charge on any atom is -0.480 e. The molecule has 7 nitrogen and oxygen atoms in total. The second kappa shape index (κ2) is 5.31. The molecule has 1 aromatic heterocycles. The number of aliphatic hydroxyl groups is 1. The van der Waals surface area contributed by atoms with E-state index in [1.54, 1.807) is 19.1 Å². The van der Waals surface area contributed by atoms with Crippen LogP contribution in [0.1, 0.15) is 17.9 Å². The van der Waals surface area contributed by atoms with Gasteiger partial charge in [0.2, 0.25) is 0 Å². The predicted molar refractivity (Wildman–Crippen MR) is 64.4 cm³/mol. The maximum atomic E-state index is 11.9. The topological polar surface area (TPSA) is 103 Å². The van der Waals surface area contributed by atoms with Gasteiger partial charge in [0.25, 0.3) is 0 Å². The highest BCUT2D eigenvalue weighted by molar-refractivity contribution is 5.83. The maximum Gasteiger partial charge on any atom is 0.326 e. The Morgan fingerprint density at radius 2 is 2.26 bits per heavy atom. The lowest BCUT2D eigenvalue weighted by atomic mass is 10.2. The molecule has 2 rings (SSSR count). The number of rotatable bonds is 3. The number of β-amino-alcohol motifs (C(OH)–C–C–N with tert-alkyl or cyclic N) is 1. The minimum atomic E-state index is -1.11. The molecule has 0 aliphatic carbocycles. The zero-order valence-electron chi connectivity index (χ0n) is 10.5. The van der Waals surface area contributed by atoms with E-state index in [-0.39, 0.29) is 19.5 Å². The van der Waals surface area contributed by atoms with Gasteiger partial charge in [-0.1, -0.05) is 0 Å². The lowest BCUT2D eigenvalue weighted by Crippen LogP contribution is -2.45. The van der Waals surface area contributed by atoms with E-state index in [2.05, 4.69) is 5.32 Å². The number of urea groups is 1. The van der Waals surface area contributed by atoms with Gasteiger partial charge in [0.15, 0.2) is 0 Å². The first-order valence-corrected chi connectivity index (χ1v) is 5.98. The van der Waals surface area contributed by atoms with Gasteiger partial charge in [0.05, 0.1) is 12.6 Å². The lowest BCUT2D eigenvalue weighted by Gasteiger charge is -2.21. The Morgan fingerprint density at radius 1 is 1.53 bits per heavy atom. The lowest BCUT2D eigenvalue weighted by molar-refractivity contribution is -0.141. The first-order chi connectivity index (χ1) is 8.97. The normalized spacial score (nSPS) is 22.5. The van der Waals surface area contributed by atoms with Crippen molar-refractivity contribution in [1.82, 2.24) is 10.2 Å². The summed E-state index contributed by atoms with van der Waals surface area (Å²) in [4.78, 5) is 24.0. The van der Waals surface area contributed by atoms with Gasteiger partial charge in [-0.3, -0.25) is 0 Å². The third kappa shape index (κ3) is 3.05. The smallest absolute Gasteiger partial charge is 0.326 e. The van der Waals surface area contributed by atoms with Gasteiger partial charge >= 0.3 is 12.0 Å². The van der Waals surface area contributed by atoms with E-state index in [0.29, 0.717) is 5.76 Å². The van der Waals surface area contributed by atoms with Gasteiger partial charge in [0.1, 0.15) is 17.6 Å². The van der Waals surface area contributed by atoms with E-state index < -0.39 is 24.1 Å². The Balaban J connectivity index is 1.93. The van der Waals surface area contributed by atoms with Gasteiger partial charge in [0, 0.05) is 13.0 Å². The summed E-state index contributed by atoms with van der Waals surface area (Å²) >= 11 is 0. The summed E-state index contributed by atoms with van der Waals surface area (Å²) in [5.74, 6) is 0.224. The summed E-state index contributed by atoms with van der Waals surface area (Å²) < 4.78 is 5.29. The molecule has 0 spiro atoms. The Kier molecular flexibility index (Phi) is 3.75. The molecule has 2 heterocycles. The van der Waals surface area contributed by atoms with Crippen molar-refractivity contribution in [3.63, 3.8) is 0 Å².